The Hall–Kier alpha value is -0.780. The molecule has 0 aliphatic rings. The van der Waals surface area contributed by atoms with Gasteiger partial charge in [0, 0.05) is 5.41 Å². The van der Waals surface area contributed by atoms with Crippen molar-refractivity contribution >= 4 is 5.97 Å². The van der Waals surface area contributed by atoms with E-state index in [9.17, 15) is 18.0 Å². The third-order valence-electron chi connectivity index (χ3n) is 1.32. The van der Waals surface area contributed by atoms with Crippen LogP contribution in [-0.2, 0) is 9.53 Å². The van der Waals surface area contributed by atoms with Gasteiger partial charge in [0.05, 0.1) is 0 Å². The highest BCUT2D eigenvalue weighted by molar-refractivity contribution is 5.75. The third-order valence-corrected chi connectivity index (χ3v) is 1.32. The van der Waals surface area contributed by atoms with Crippen LogP contribution in [-0.4, -0.2) is 18.4 Å². The van der Waals surface area contributed by atoms with Gasteiger partial charge >= 0.3 is 12.1 Å². The maximum Gasteiger partial charge on any atom is 0.490 e. The molecule has 2 N–H and O–H groups in total. The highest BCUT2D eigenvalue weighted by Gasteiger charge is 2.43. The number of esters is 1. The monoisotopic (exact) mass is 199 g/mol. The summed E-state index contributed by atoms with van der Waals surface area (Å²) < 4.78 is 39.0. The third kappa shape index (κ3) is 4.12. The van der Waals surface area contributed by atoms with Crippen molar-refractivity contribution in [2.24, 2.45) is 11.1 Å². The van der Waals surface area contributed by atoms with Gasteiger partial charge in [-0.25, -0.2) is 4.79 Å². The minimum Gasteiger partial charge on any atom is -0.440 e. The van der Waals surface area contributed by atoms with Crippen LogP contribution in [0.15, 0.2) is 0 Å². The van der Waals surface area contributed by atoms with E-state index >= 15 is 0 Å². The van der Waals surface area contributed by atoms with Crippen LogP contribution in [0, 0.1) is 5.41 Å². The molecule has 0 saturated carbocycles. The van der Waals surface area contributed by atoms with Crippen molar-refractivity contribution in [3.05, 3.63) is 0 Å². The molecular formula is C7H12F3NO2. The number of rotatable bonds is 1. The number of carbonyl (C=O) groups excluding carboxylic acids is 1. The van der Waals surface area contributed by atoms with E-state index in [0.29, 0.717) is 0 Å². The average Bonchev–Trinajstić information content (AvgIpc) is 1.82. The minimum atomic E-state index is -4.98. The first-order valence-corrected chi connectivity index (χ1v) is 3.58. The molecule has 1 unspecified atom stereocenters. The Morgan fingerprint density at radius 1 is 1.31 bits per heavy atom. The van der Waals surface area contributed by atoms with Gasteiger partial charge in [0.1, 0.15) is 0 Å². The number of alkyl halides is 3. The van der Waals surface area contributed by atoms with E-state index in [0.717, 1.165) is 0 Å². The quantitative estimate of drug-likeness (QED) is 0.513. The number of halogens is 3. The summed E-state index contributed by atoms with van der Waals surface area (Å²) in [5.74, 6) is -2.25. The normalized spacial score (nSPS) is 15.3. The standard InChI is InChI=1S/C7H12F3NO2/c1-6(2,3)4(11)13-5(12)7(8,9)10/h4H,11H2,1-3H3. The first kappa shape index (κ1) is 12.2. The topological polar surface area (TPSA) is 52.3 Å². The Bertz CT molecular complexity index is 195. The molecular weight excluding hydrogens is 187 g/mol. The minimum absolute atomic E-state index is 0.707. The Morgan fingerprint density at radius 3 is 1.92 bits per heavy atom. The van der Waals surface area contributed by atoms with E-state index in [1.807, 2.05) is 0 Å². The van der Waals surface area contributed by atoms with Crippen LogP contribution >= 0.6 is 0 Å². The maximum absolute atomic E-state index is 11.7. The summed E-state index contributed by atoms with van der Waals surface area (Å²) in [7, 11) is 0. The highest BCUT2D eigenvalue weighted by atomic mass is 19.4. The number of hydrogen-bond acceptors (Lipinski definition) is 3. The number of nitrogens with two attached hydrogens (primary N) is 1. The summed E-state index contributed by atoms with van der Waals surface area (Å²) >= 11 is 0. The first-order chi connectivity index (χ1) is 5.55. The van der Waals surface area contributed by atoms with Crippen LogP contribution in [0.5, 0.6) is 0 Å². The van der Waals surface area contributed by atoms with E-state index in [-0.39, 0.29) is 0 Å². The molecule has 3 nitrogen and oxygen atoms in total. The molecule has 1 atom stereocenters. The molecule has 0 aliphatic heterocycles. The molecule has 0 fully saturated rings. The van der Waals surface area contributed by atoms with Crippen molar-refractivity contribution < 1.29 is 22.7 Å². The van der Waals surface area contributed by atoms with Crippen molar-refractivity contribution in [2.45, 2.75) is 33.2 Å². The van der Waals surface area contributed by atoms with Gasteiger partial charge in [-0.05, 0) is 0 Å². The van der Waals surface area contributed by atoms with Gasteiger partial charge in [0.2, 0.25) is 0 Å². The molecule has 0 aromatic heterocycles. The smallest absolute Gasteiger partial charge is 0.440 e. The fraction of sp³-hybridized carbons (Fsp3) is 0.857. The Labute approximate surface area is 74.0 Å². The van der Waals surface area contributed by atoms with Crippen molar-refractivity contribution in [3.63, 3.8) is 0 Å². The SMILES string of the molecule is CC(C)(C)C(N)OC(=O)C(F)(F)F. The lowest BCUT2D eigenvalue weighted by Gasteiger charge is -2.26. The van der Waals surface area contributed by atoms with Gasteiger partial charge in [0.15, 0.2) is 6.23 Å². The number of hydrogen-bond donors (Lipinski definition) is 1. The van der Waals surface area contributed by atoms with Crippen molar-refractivity contribution in [3.8, 4) is 0 Å². The molecule has 13 heavy (non-hydrogen) atoms. The van der Waals surface area contributed by atoms with Gasteiger partial charge in [-0.15, -0.1) is 0 Å². The molecule has 0 aromatic carbocycles. The molecule has 0 aliphatic carbocycles. The molecule has 0 bridgehead atoms. The second-order valence-corrected chi connectivity index (χ2v) is 3.69. The van der Waals surface area contributed by atoms with E-state index in [1.54, 1.807) is 20.8 Å². The molecule has 78 valence electrons. The van der Waals surface area contributed by atoms with Crippen LogP contribution in [0.4, 0.5) is 13.2 Å². The van der Waals surface area contributed by atoms with E-state index < -0.39 is 23.8 Å². The largest absolute Gasteiger partial charge is 0.490 e. The predicted octanol–water partition coefficient (Wildman–Crippen LogP) is 1.42. The zero-order valence-electron chi connectivity index (χ0n) is 7.61. The zero-order chi connectivity index (χ0) is 10.9. The van der Waals surface area contributed by atoms with Crippen LogP contribution in [0.2, 0.25) is 0 Å². The number of ether oxygens (including phenoxy) is 1. The Morgan fingerprint density at radius 2 is 1.69 bits per heavy atom. The first-order valence-electron chi connectivity index (χ1n) is 3.58. The molecule has 0 spiro atoms. The lowest BCUT2D eigenvalue weighted by Crippen LogP contribution is -2.42. The van der Waals surface area contributed by atoms with Gasteiger partial charge in [-0.3, -0.25) is 5.73 Å². The number of carbonyl (C=O) groups is 1. The summed E-state index contributed by atoms with van der Waals surface area (Å²) in [4.78, 5) is 10.3. The van der Waals surface area contributed by atoms with Gasteiger partial charge in [0.25, 0.3) is 0 Å². The Kier molecular flexibility index (Phi) is 3.32. The van der Waals surface area contributed by atoms with Crippen LogP contribution in [0.3, 0.4) is 0 Å². The summed E-state index contributed by atoms with van der Waals surface area (Å²) in [5.41, 5.74) is 4.50. The fourth-order valence-electron chi connectivity index (χ4n) is 0.359. The van der Waals surface area contributed by atoms with E-state index in [2.05, 4.69) is 4.74 Å². The van der Waals surface area contributed by atoms with Crippen molar-refractivity contribution in [2.75, 3.05) is 0 Å². The predicted molar refractivity (Wildman–Crippen MR) is 39.6 cm³/mol. The molecule has 0 heterocycles. The summed E-state index contributed by atoms with van der Waals surface area (Å²) in [6.07, 6.45) is -6.25. The Balaban J connectivity index is 4.24. The summed E-state index contributed by atoms with van der Waals surface area (Å²) in [6.45, 7) is 4.71. The van der Waals surface area contributed by atoms with Crippen LogP contribution in [0.25, 0.3) is 0 Å². The van der Waals surface area contributed by atoms with Gasteiger partial charge in [-0.1, -0.05) is 20.8 Å². The van der Waals surface area contributed by atoms with E-state index in [4.69, 9.17) is 5.73 Å². The molecule has 6 heteroatoms. The lowest BCUT2D eigenvalue weighted by atomic mass is 9.95. The fourth-order valence-corrected chi connectivity index (χ4v) is 0.359. The lowest BCUT2D eigenvalue weighted by molar-refractivity contribution is -0.209. The summed E-state index contributed by atoms with van der Waals surface area (Å²) in [5, 5.41) is 0. The van der Waals surface area contributed by atoms with Gasteiger partial charge < -0.3 is 4.74 Å². The summed E-state index contributed by atoms with van der Waals surface area (Å²) in [6, 6.07) is 0. The van der Waals surface area contributed by atoms with E-state index in [1.165, 1.54) is 0 Å². The van der Waals surface area contributed by atoms with Crippen molar-refractivity contribution in [1.29, 1.82) is 0 Å². The van der Waals surface area contributed by atoms with Crippen LogP contribution < -0.4 is 5.73 Å². The molecule has 0 amide bonds. The van der Waals surface area contributed by atoms with Crippen molar-refractivity contribution in [1.82, 2.24) is 0 Å². The molecule has 0 aromatic rings. The molecule has 0 saturated heterocycles. The molecule has 0 rings (SSSR count). The second kappa shape index (κ2) is 3.53. The molecule has 0 radical (unpaired) electrons. The average molecular weight is 199 g/mol. The zero-order valence-corrected chi connectivity index (χ0v) is 7.61. The maximum atomic E-state index is 11.7. The van der Waals surface area contributed by atoms with Gasteiger partial charge in [-0.2, -0.15) is 13.2 Å². The second-order valence-electron chi connectivity index (χ2n) is 3.69. The highest BCUT2D eigenvalue weighted by Crippen LogP contribution is 2.22. The van der Waals surface area contributed by atoms with Crippen LogP contribution in [0.1, 0.15) is 20.8 Å².